The number of nitrogens with one attached hydrogen (secondary N) is 1. The normalized spacial score (nSPS) is 12.3. The van der Waals surface area contributed by atoms with Crippen LogP contribution in [-0.4, -0.2) is 55.6 Å². The second kappa shape index (κ2) is 14.2. The van der Waals surface area contributed by atoms with Crippen LogP contribution >= 0.6 is 23.2 Å². The number of hydrogen-bond acceptors (Lipinski definition) is 4. The second-order valence-corrected chi connectivity index (χ2v) is 12.9. The number of likely N-dealkylation sites (N-methyl/N-ethyl adjacent to an activating group) is 1. The summed E-state index contributed by atoms with van der Waals surface area (Å²) >= 11 is 12.4. The zero-order valence-corrected chi connectivity index (χ0v) is 25.8. The summed E-state index contributed by atoms with van der Waals surface area (Å²) in [6, 6.07) is 25.8. The third-order valence-corrected chi connectivity index (χ3v) is 9.48. The molecule has 0 bridgehead atoms. The minimum Gasteiger partial charge on any atom is -0.354 e. The molecule has 0 aliphatic carbocycles. The van der Waals surface area contributed by atoms with E-state index >= 15 is 0 Å². The first kappa shape index (κ1) is 31.5. The molecule has 42 heavy (non-hydrogen) atoms. The van der Waals surface area contributed by atoms with Gasteiger partial charge in [-0.25, -0.2) is 8.42 Å². The summed E-state index contributed by atoms with van der Waals surface area (Å²) in [5.41, 5.74) is 1.51. The van der Waals surface area contributed by atoms with E-state index in [2.05, 4.69) is 5.32 Å². The SMILES string of the molecule is CCCNC(=O)[C@H](Cc1ccccc1)N(Cc1ccc(Cl)c(Cl)c1)C(=O)CN(C)S(=O)(=O)c1ccc2ccccc2c1. The van der Waals surface area contributed by atoms with Crippen molar-refractivity contribution in [2.75, 3.05) is 20.1 Å². The lowest BCUT2D eigenvalue weighted by atomic mass is 10.0. The van der Waals surface area contributed by atoms with Crippen LogP contribution in [0.3, 0.4) is 0 Å². The molecule has 0 radical (unpaired) electrons. The fraction of sp³-hybridized carbons (Fsp3) is 0.250. The Morgan fingerprint density at radius 1 is 0.833 bits per heavy atom. The molecule has 0 aromatic heterocycles. The molecule has 1 atom stereocenters. The van der Waals surface area contributed by atoms with Crippen LogP contribution in [-0.2, 0) is 32.6 Å². The van der Waals surface area contributed by atoms with Gasteiger partial charge in [0.25, 0.3) is 0 Å². The number of sulfonamides is 1. The van der Waals surface area contributed by atoms with Gasteiger partial charge in [0.2, 0.25) is 21.8 Å². The monoisotopic (exact) mass is 625 g/mol. The van der Waals surface area contributed by atoms with E-state index in [4.69, 9.17) is 23.2 Å². The molecular formula is C32H33Cl2N3O4S. The Kier molecular flexibility index (Phi) is 10.6. The standard InChI is InChI=1S/C32H33Cl2N3O4S/c1-3-17-35-32(39)30(19-23-9-5-4-6-10-23)37(21-24-13-16-28(33)29(34)18-24)31(38)22-36(2)42(40,41)27-15-14-25-11-7-8-12-26(25)20-27/h4-16,18,20,30H,3,17,19,21-22H2,1-2H3,(H,35,39)/t30-/m0/s1. The van der Waals surface area contributed by atoms with Gasteiger partial charge in [-0.05, 0) is 52.6 Å². The van der Waals surface area contributed by atoms with Gasteiger partial charge in [-0.1, -0.05) is 96.9 Å². The van der Waals surface area contributed by atoms with Gasteiger partial charge in [-0.15, -0.1) is 0 Å². The van der Waals surface area contributed by atoms with Crippen molar-refractivity contribution in [1.29, 1.82) is 0 Å². The van der Waals surface area contributed by atoms with Gasteiger partial charge in [0.05, 0.1) is 21.5 Å². The molecule has 4 rings (SSSR count). The molecule has 0 fully saturated rings. The quantitative estimate of drug-likeness (QED) is 0.211. The van der Waals surface area contributed by atoms with Crippen molar-refractivity contribution in [1.82, 2.24) is 14.5 Å². The van der Waals surface area contributed by atoms with Gasteiger partial charge in [0.15, 0.2) is 0 Å². The minimum absolute atomic E-state index is 0.0244. The molecule has 0 unspecified atom stereocenters. The average Bonchev–Trinajstić information content (AvgIpc) is 2.99. The van der Waals surface area contributed by atoms with Crippen molar-refractivity contribution in [2.45, 2.75) is 37.2 Å². The molecule has 0 saturated carbocycles. The number of hydrogen-bond donors (Lipinski definition) is 1. The highest BCUT2D eigenvalue weighted by atomic mass is 35.5. The second-order valence-electron chi connectivity index (χ2n) is 10.0. The molecular weight excluding hydrogens is 593 g/mol. The van der Waals surface area contributed by atoms with Gasteiger partial charge in [-0.3, -0.25) is 9.59 Å². The molecule has 4 aromatic carbocycles. The summed E-state index contributed by atoms with van der Waals surface area (Å²) in [5.74, 6) is -0.852. The lowest BCUT2D eigenvalue weighted by Crippen LogP contribution is -2.53. The van der Waals surface area contributed by atoms with E-state index in [-0.39, 0.29) is 23.8 Å². The maximum absolute atomic E-state index is 14.0. The van der Waals surface area contributed by atoms with E-state index in [0.29, 0.717) is 22.2 Å². The Morgan fingerprint density at radius 2 is 1.52 bits per heavy atom. The summed E-state index contributed by atoms with van der Waals surface area (Å²) in [6.45, 7) is 1.94. The topological polar surface area (TPSA) is 86.8 Å². The Labute approximate surface area is 257 Å². The Morgan fingerprint density at radius 3 is 2.21 bits per heavy atom. The molecule has 10 heteroatoms. The van der Waals surface area contributed by atoms with Crippen LogP contribution in [0, 0.1) is 0 Å². The van der Waals surface area contributed by atoms with Crippen LogP contribution in [0.2, 0.25) is 10.0 Å². The predicted octanol–water partition coefficient (Wildman–Crippen LogP) is 5.93. The van der Waals surface area contributed by atoms with Gasteiger partial charge in [0, 0.05) is 26.6 Å². The average molecular weight is 627 g/mol. The molecule has 0 spiro atoms. The summed E-state index contributed by atoms with van der Waals surface area (Å²) in [7, 11) is -2.65. The lowest BCUT2D eigenvalue weighted by molar-refractivity contribution is -0.141. The number of carbonyl (C=O) groups is 2. The van der Waals surface area contributed by atoms with E-state index < -0.39 is 28.5 Å². The smallest absolute Gasteiger partial charge is 0.243 e. The number of halogens is 2. The summed E-state index contributed by atoms with van der Waals surface area (Å²) in [6.07, 6.45) is 0.960. The van der Waals surface area contributed by atoms with E-state index in [1.54, 1.807) is 30.3 Å². The number of amides is 2. The van der Waals surface area contributed by atoms with E-state index in [1.807, 2.05) is 61.5 Å². The third kappa shape index (κ3) is 7.69. The van der Waals surface area contributed by atoms with Gasteiger partial charge < -0.3 is 10.2 Å². The molecule has 7 nitrogen and oxygen atoms in total. The van der Waals surface area contributed by atoms with Crippen molar-refractivity contribution >= 4 is 55.8 Å². The fourth-order valence-electron chi connectivity index (χ4n) is 4.63. The number of nitrogens with zero attached hydrogens (tertiary/aromatic N) is 2. The van der Waals surface area contributed by atoms with E-state index in [1.165, 1.54) is 18.0 Å². The summed E-state index contributed by atoms with van der Waals surface area (Å²) in [4.78, 5) is 29.0. The largest absolute Gasteiger partial charge is 0.354 e. The summed E-state index contributed by atoms with van der Waals surface area (Å²) < 4.78 is 28.1. The van der Waals surface area contributed by atoms with Crippen molar-refractivity contribution in [2.24, 2.45) is 0 Å². The molecule has 0 saturated heterocycles. The van der Waals surface area contributed by atoms with E-state index in [0.717, 1.165) is 27.1 Å². The number of carbonyl (C=O) groups excluding carboxylic acids is 2. The molecule has 220 valence electrons. The maximum Gasteiger partial charge on any atom is 0.243 e. The number of fused-ring (bicyclic) bond motifs is 1. The first-order valence-electron chi connectivity index (χ1n) is 13.6. The first-order valence-corrected chi connectivity index (χ1v) is 15.8. The highest BCUT2D eigenvalue weighted by Gasteiger charge is 2.33. The minimum atomic E-state index is -4.02. The van der Waals surface area contributed by atoms with Crippen LogP contribution < -0.4 is 5.32 Å². The van der Waals surface area contributed by atoms with Gasteiger partial charge in [0.1, 0.15) is 6.04 Å². The number of benzene rings is 4. The Balaban J connectivity index is 1.67. The molecule has 2 amide bonds. The van der Waals surface area contributed by atoms with Crippen LogP contribution in [0.1, 0.15) is 24.5 Å². The number of rotatable bonds is 12. The summed E-state index contributed by atoms with van der Waals surface area (Å²) in [5, 5.41) is 5.26. The van der Waals surface area contributed by atoms with Crippen LogP contribution in [0.4, 0.5) is 0 Å². The van der Waals surface area contributed by atoms with Crippen LogP contribution in [0.15, 0.2) is 95.9 Å². The molecule has 0 heterocycles. The third-order valence-electron chi connectivity index (χ3n) is 6.94. The zero-order chi connectivity index (χ0) is 30.3. The first-order chi connectivity index (χ1) is 20.1. The zero-order valence-electron chi connectivity index (χ0n) is 23.5. The highest BCUT2D eigenvalue weighted by Crippen LogP contribution is 2.25. The van der Waals surface area contributed by atoms with Crippen molar-refractivity contribution in [3.05, 3.63) is 112 Å². The molecule has 0 aliphatic heterocycles. The van der Waals surface area contributed by atoms with Crippen LogP contribution in [0.25, 0.3) is 10.8 Å². The highest BCUT2D eigenvalue weighted by molar-refractivity contribution is 7.89. The van der Waals surface area contributed by atoms with Crippen molar-refractivity contribution < 1.29 is 18.0 Å². The predicted molar refractivity (Wildman–Crippen MR) is 168 cm³/mol. The van der Waals surface area contributed by atoms with E-state index in [9.17, 15) is 18.0 Å². The Hall–Kier alpha value is -3.43. The Bertz CT molecular complexity index is 1670. The maximum atomic E-state index is 14.0. The van der Waals surface area contributed by atoms with Crippen molar-refractivity contribution in [3.8, 4) is 0 Å². The van der Waals surface area contributed by atoms with Gasteiger partial charge >= 0.3 is 0 Å². The molecule has 1 N–H and O–H groups in total. The molecule has 4 aromatic rings. The lowest BCUT2D eigenvalue weighted by Gasteiger charge is -2.32. The van der Waals surface area contributed by atoms with Gasteiger partial charge in [-0.2, -0.15) is 4.31 Å². The van der Waals surface area contributed by atoms with Crippen LogP contribution in [0.5, 0.6) is 0 Å². The van der Waals surface area contributed by atoms with Crippen molar-refractivity contribution in [3.63, 3.8) is 0 Å². The fourth-order valence-corrected chi connectivity index (χ4v) is 6.11. The molecule has 0 aliphatic rings.